The molecule has 6 atom stereocenters. The van der Waals surface area contributed by atoms with Crippen LogP contribution >= 0.6 is 0 Å². The summed E-state index contributed by atoms with van der Waals surface area (Å²) >= 11 is 0. The number of carbonyl (C=O) groups excluding carboxylic acids is 1. The van der Waals surface area contributed by atoms with Gasteiger partial charge in [0, 0.05) is 23.1 Å². The first kappa shape index (κ1) is 21.3. The Balaban J connectivity index is 1.41. The summed E-state index contributed by atoms with van der Waals surface area (Å²) in [6.07, 6.45) is 8.84. The Bertz CT molecular complexity index is 1050. The zero-order valence-corrected chi connectivity index (χ0v) is 18.6. The molecule has 2 aromatic rings. The van der Waals surface area contributed by atoms with Crippen LogP contribution in [0.25, 0.3) is 17.2 Å². The summed E-state index contributed by atoms with van der Waals surface area (Å²) in [5.41, 5.74) is 1.84. The van der Waals surface area contributed by atoms with Crippen molar-refractivity contribution in [3.63, 3.8) is 0 Å². The van der Waals surface area contributed by atoms with Crippen LogP contribution in [0.1, 0.15) is 45.2 Å². The molecule has 0 radical (unpaired) electrons. The number of nitrogens with zero attached hydrogens (tertiary/aromatic N) is 1. The Kier molecular flexibility index (Phi) is 5.20. The predicted molar refractivity (Wildman–Crippen MR) is 121 cm³/mol. The summed E-state index contributed by atoms with van der Waals surface area (Å²) in [5, 5.41) is 11.1. The van der Waals surface area contributed by atoms with Crippen molar-refractivity contribution in [1.82, 2.24) is 4.98 Å². The fraction of sp³-hybridized carbons (Fsp3) is 0.481. The number of ether oxygens (including phenoxy) is 1. The minimum Gasteiger partial charge on any atom is -0.465 e. The molecule has 0 bridgehead atoms. The van der Waals surface area contributed by atoms with E-state index in [-0.39, 0.29) is 29.0 Å². The first-order chi connectivity index (χ1) is 15.3. The third-order valence-electron chi connectivity index (χ3n) is 8.48. The van der Waals surface area contributed by atoms with Crippen LogP contribution in [0.4, 0.5) is 4.39 Å². The molecule has 3 aliphatic rings. The number of aromatic nitrogens is 1. The SMILES string of the molecule is C[C@]1(/C=C/c2ccc(-c3cccc(F)c3)cn2)[C@H](O)CC[C@@]2(C)[C@@H]3C(=O)OC[C@H]3CC[C@H]12. The summed E-state index contributed by atoms with van der Waals surface area (Å²) in [7, 11) is 0. The molecule has 1 aromatic heterocycles. The fourth-order valence-electron chi connectivity index (χ4n) is 6.73. The normalized spacial score (nSPS) is 36.6. The van der Waals surface area contributed by atoms with Crippen molar-refractivity contribution in [3.05, 3.63) is 60.2 Å². The van der Waals surface area contributed by atoms with Gasteiger partial charge in [0.2, 0.25) is 0 Å². The highest BCUT2D eigenvalue weighted by atomic mass is 19.1. The van der Waals surface area contributed by atoms with Gasteiger partial charge in [-0.3, -0.25) is 9.78 Å². The molecule has 0 amide bonds. The number of aliphatic hydroxyl groups is 1. The summed E-state index contributed by atoms with van der Waals surface area (Å²) in [4.78, 5) is 17.1. The smallest absolute Gasteiger partial charge is 0.309 e. The van der Waals surface area contributed by atoms with E-state index in [0.717, 1.165) is 36.1 Å². The molecule has 2 saturated carbocycles. The zero-order valence-electron chi connectivity index (χ0n) is 18.6. The number of hydrogen-bond acceptors (Lipinski definition) is 4. The second-order valence-electron chi connectivity index (χ2n) is 10.2. The largest absolute Gasteiger partial charge is 0.465 e. The van der Waals surface area contributed by atoms with Gasteiger partial charge in [0.25, 0.3) is 0 Å². The van der Waals surface area contributed by atoms with E-state index in [1.165, 1.54) is 12.1 Å². The number of rotatable bonds is 3. The van der Waals surface area contributed by atoms with Crippen molar-refractivity contribution in [2.45, 2.75) is 45.6 Å². The highest BCUT2D eigenvalue weighted by molar-refractivity contribution is 5.76. The molecule has 5 heteroatoms. The number of esters is 1. The summed E-state index contributed by atoms with van der Waals surface area (Å²) in [5.74, 6) is 0.122. The summed E-state index contributed by atoms with van der Waals surface area (Å²) in [6.45, 7) is 4.89. The number of carbonyl (C=O) groups is 1. The van der Waals surface area contributed by atoms with Gasteiger partial charge in [-0.15, -0.1) is 0 Å². The van der Waals surface area contributed by atoms with Gasteiger partial charge in [0.05, 0.1) is 24.3 Å². The third-order valence-corrected chi connectivity index (χ3v) is 8.48. The van der Waals surface area contributed by atoms with E-state index in [1.807, 2.05) is 24.3 Å². The van der Waals surface area contributed by atoms with Crippen LogP contribution in [0.5, 0.6) is 0 Å². The number of fused-ring (bicyclic) bond motifs is 3. The van der Waals surface area contributed by atoms with E-state index < -0.39 is 11.5 Å². The second-order valence-corrected chi connectivity index (χ2v) is 10.2. The number of halogens is 1. The lowest BCUT2D eigenvalue weighted by molar-refractivity contribution is -0.159. The Hall–Kier alpha value is -2.53. The maximum Gasteiger partial charge on any atom is 0.309 e. The molecule has 168 valence electrons. The van der Waals surface area contributed by atoms with Gasteiger partial charge in [-0.1, -0.05) is 38.1 Å². The Morgan fingerprint density at radius 2 is 2.00 bits per heavy atom. The second kappa shape index (κ2) is 7.80. The van der Waals surface area contributed by atoms with Gasteiger partial charge in [-0.05, 0) is 66.9 Å². The van der Waals surface area contributed by atoms with E-state index in [4.69, 9.17) is 4.74 Å². The number of aliphatic hydroxyl groups excluding tert-OH is 1. The molecule has 1 N–H and O–H groups in total. The van der Waals surface area contributed by atoms with Crippen LogP contribution in [-0.2, 0) is 9.53 Å². The molecule has 3 fully saturated rings. The first-order valence-corrected chi connectivity index (χ1v) is 11.6. The van der Waals surface area contributed by atoms with Gasteiger partial charge in [0.15, 0.2) is 0 Å². The predicted octanol–water partition coefficient (Wildman–Crippen LogP) is 5.27. The van der Waals surface area contributed by atoms with E-state index in [2.05, 4.69) is 24.9 Å². The number of hydrogen-bond donors (Lipinski definition) is 1. The van der Waals surface area contributed by atoms with Crippen LogP contribution in [0.15, 0.2) is 48.7 Å². The lowest BCUT2D eigenvalue weighted by Crippen LogP contribution is -2.57. The highest BCUT2D eigenvalue weighted by Gasteiger charge is 2.62. The Labute approximate surface area is 188 Å². The van der Waals surface area contributed by atoms with Crippen molar-refractivity contribution in [3.8, 4) is 11.1 Å². The molecule has 1 aliphatic heterocycles. The van der Waals surface area contributed by atoms with Gasteiger partial charge >= 0.3 is 5.97 Å². The molecule has 32 heavy (non-hydrogen) atoms. The van der Waals surface area contributed by atoms with Crippen molar-refractivity contribution in [2.24, 2.45) is 28.6 Å². The van der Waals surface area contributed by atoms with E-state index >= 15 is 0 Å². The molecular formula is C27H30FNO3. The first-order valence-electron chi connectivity index (χ1n) is 11.6. The van der Waals surface area contributed by atoms with Crippen LogP contribution in [0.2, 0.25) is 0 Å². The molecule has 4 nitrogen and oxygen atoms in total. The number of pyridine rings is 1. The number of cyclic esters (lactones) is 1. The van der Waals surface area contributed by atoms with Crippen LogP contribution in [0.3, 0.4) is 0 Å². The Morgan fingerprint density at radius 1 is 1.16 bits per heavy atom. The Morgan fingerprint density at radius 3 is 2.75 bits per heavy atom. The minimum atomic E-state index is -0.461. The maximum absolute atomic E-state index is 13.5. The third kappa shape index (κ3) is 3.38. The molecule has 2 heterocycles. The topological polar surface area (TPSA) is 59.4 Å². The minimum absolute atomic E-state index is 0.0560. The molecule has 5 rings (SSSR count). The van der Waals surface area contributed by atoms with Crippen LogP contribution < -0.4 is 0 Å². The average Bonchev–Trinajstić information content (AvgIpc) is 3.18. The standard InChI is InChI=1S/C27H30FNO3/c1-26(12-10-21-8-6-18(15-29-21)17-4-3-5-20(28)14-17)22-9-7-19-16-32-25(31)24(19)27(22,2)13-11-23(26)30/h3-6,8,10,12,14-15,19,22-24,30H,7,9,11,13,16H2,1-2H3/b12-10+/t19-,22-,23-,24+,26-,27-/m1/s1. The summed E-state index contributed by atoms with van der Waals surface area (Å²) < 4.78 is 19.0. The van der Waals surface area contributed by atoms with Crippen LogP contribution in [-0.4, -0.2) is 28.8 Å². The highest BCUT2D eigenvalue weighted by Crippen LogP contribution is 2.63. The molecule has 0 unspecified atom stereocenters. The lowest BCUT2D eigenvalue weighted by Gasteiger charge is -2.58. The number of benzene rings is 1. The summed E-state index contributed by atoms with van der Waals surface area (Å²) in [6, 6.07) is 10.3. The quantitative estimate of drug-likeness (QED) is 0.668. The van der Waals surface area contributed by atoms with Crippen molar-refractivity contribution in [1.29, 1.82) is 0 Å². The maximum atomic E-state index is 13.5. The molecule has 0 spiro atoms. The molecule has 2 aliphatic carbocycles. The van der Waals surface area contributed by atoms with Gasteiger partial charge in [-0.2, -0.15) is 0 Å². The van der Waals surface area contributed by atoms with Crippen LogP contribution in [0, 0.1) is 34.4 Å². The zero-order chi connectivity index (χ0) is 22.5. The average molecular weight is 436 g/mol. The molecular weight excluding hydrogens is 405 g/mol. The van der Waals surface area contributed by atoms with Gasteiger partial charge in [0.1, 0.15) is 5.82 Å². The van der Waals surface area contributed by atoms with Crippen molar-refractivity contribution >= 4 is 12.0 Å². The van der Waals surface area contributed by atoms with Crippen molar-refractivity contribution in [2.75, 3.05) is 6.61 Å². The van der Waals surface area contributed by atoms with E-state index in [1.54, 1.807) is 12.3 Å². The molecule has 1 aromatic carbocycles. The lowest BCUT2D eigenvalue weighted by atomic mass is 9.45. The van der Waals surface area contributed by atoms with Crippen molar-refractivity contribution < 1.29 is 19.0 Å². The fourth-order valence-corrected chi connectivity index (χ4v) is 6.73. The van der Waals surface area contributed by atoms with E-state index in [0.29, 0.717) is 18.9 Å². The van der Waals surface area contributed by atoms with Gasteiger partial charge < -0.3 is 9.84 Å². The monoisotopic (exact) mass is 435 g/mol. The molecule has 1 saturated heterocycles. The van der Waals surface area contributed by atoms with E-state index in [9.17, 15) is 14.3 Å². The van der Waals surface area contributed by atoms with Gasteiger partial charge in [-0.25, -0.2) is 4.39 Å².